The number of nitrogens with zero attached hydrogens (tertiary/aromatic N) is 8. The van der Waals surface area contributed by atoms with E-state index in [-0.39, 0.29) is 24.2 Å². The number of H-pyrrole nitrogens is 1. The van der Waals surface area contributed by atoms with Crippen LogP contribution in [0.3, 0.4) is 0 Å². The van der Waals surface area contributed by atoms with E-state index >= 15 is 0 Å². The van der Waals surface area contributed by atoms with Crippen LogP contribution in [0.25, 0.3) is 11.2 Å². The summed E-state index contributed by atoms with van der Waals surface area (Å²) in [5, 5.41) is 27.7. The third-order valence-corrected chi connectivity index (χ3v) is 7.61. The summed E-state index contributed by atoms with van der Waals surface area (Å²) >= 11 is 1.66. The molecule has 4 atom stereocenters. The Bertz CT molecular complexity index is 1120. The predicted octanol–water partition coefficient (Wildman–Crippen LogP) is 3.16. The summed E-state index contributed by atoms with van der Waals surface area (Å²) in [7, 11) is 0. The first kappa shape index (κ1) is 24.3. The van der Waals surface area contributed by atoms with Gasteiger partial charge in [0, 0.05) is 18.7 Å². The highest BCUT2D eigenvalue weighted by molar-refractivity contribution is 7.99. The van der Waals surface area contributed by atoms with Gasteiger partial charge in [0.25, 0.3) is 0 Å². The molecule has 5 rings (SSSR count). The first-order chi connectivity index (χ1) is 17.0. The topological polar surface area (TPSA) is 141 Å². The van der Waals surface area contributed by atoms with Gasteiger partial charge in [0.05, 0.1) is 12.1 Å². The van der Waals surface area contributed by atoms with Gasteiger partial charge >= 0.3 is 0 Å². The zero-order valence-corrected chi connectivity index (χ0v) is 21.6. The average molecular weight is 503 g/mol. The van der Waals surface area contributed by atoms with Crippen LogP contribution in [0.1, 0.15) is 71.7 Å². The number of aryl methyl sites for hydroxylation is 1. The molecule has 1 saturated heterocycles. The number of hydrogen-bond acceptors (Lipinski definition) is 11. The fourth-order valence-electron chi connectivity index (χ4n) is 4.98. The van der Waals surface area contributed by atoms with Gasteiger partial charge in [-0.2, -0.15) is 5.21 Å². The lowest BCUT2D eigenvalue weighted by Gasteiger charge is -2.23. The van der Waals surface area contributed by atoms with Gasteiger partial charge in [0.15, 0.2) is 33.7 Å². The Hall–Kier alpha value is -2.38. The van der Waals surface area contributed by atoms with Crippen molar-refractivity contribution < 1.29 is 9.47 Å². The number of rotatable bonds is 11. The SMILES string of the molecule is CCCCNc1nc(SCCC)nc2c1nnn2C1CC(CCc2nn[nH]n2)C2OC(C)(C)OC21. The lowest BCUT2D eigenvalue weighted by molar-refractivity contribution is -0.160. The number of tetrazole rings is 1. The molecule has 0 amide bonds. The van der Waals surface area contributed by atoms with E-state index in [9.17, 15) is 0 Å². The molecule has 0 aromatic carbocycles. The maximum absolute atomic E-state index is 6.41. The highest BCUT2D eigenvalue weighted by Crippen LogP contribution is 2.48. The number of hydrogen-bond donors (Lipinski definition) is 2. The molecule has 4 heterocycles. The predicted molar refractivity (Wildman–Crippen MR) is 131 cm³/mol. The zero-order valence-electron chi connectivity index (χ0n) is 20.8. The van der Waals surface area contributed by atoms with Crippen molar-refractivity contribution in [2.24, 2.45) is 5.92 Å². The molecule has 2 N–H and O–H groups in total. The van der Waals surface area contributed by atoms with Crippen molar-refractivity contribution in [3.63, 3.8) is 0 Å². The van der Waals surface area contributed by atoms with Crippen molar-refractivity contribution in [1.29, 1.82) is 0 Å². The Morgan fingerprint density at radius 3 is 2.77 bits per heavy atom. The van der Waals surface area contributed by atoms with E-state index in [1.807, 2.05) is 18.5 Å². The quantitative estimate of drug-likeness (QED) is 0.227. The minimum atomic E-state index is -0.654. The molecule has 2 aliphatic rings. The first-order valence-corrected chi connectivity index (χ1v) is 13.5. The van der Waals surface area contributed by atoms with Gasteiger partial charge in [-0.3, -0.25) is 0 Å². The molecule has 0 bridgehead atoms. The van der Waals surface area contributed by atoms with Crippen LogP contribution in [0.5, 0.6) is 0 Å². The summed E-state index contributed by atoms with van der Waals surface area (Å²) < 4.78 is 14.7. The summed E-state index contributed by atoms with van der Waals surface area (Å²) in [5.74, 6) is 2.03. The maximum atomic E-state index is 6.41. The van der Waals surface area contributed by atoms with E-state index in [2.05, 4.69) is 50.1 Å². The number of anilines is 1. The van der Waals surface area contributed by atoms with Crippen molar-refractivity contribution in [3.8, 4) is 0 Å². The van der Waals surface area contributed by atoms with Crippen LogP contribution in [-0.2, 0) is 15.9 Å². The fraction of sp³-hybridized carbons (Fsp3) is 0.773. The number of nitrogens with one attached hydrogen (secondary N) is 2. The Labute approximate surface area is 208 Å². The molecule has 1 aliphatic carbocycles. The van der Waals surface area contributed by atoms with Gasteiger partial charge in [0.1, 0.15) is 6.10 Å². The number of fused-ring (bicyclic) bond motifs is 2. The van der Waals surface area contributed by atoms with Gasteiger partial charge in [-0.25, -0.2) is 14.6 Å². The molecule has 1 aliphatic heterocycles. The zero-order chi connectivity index (χ0) is 24.4. The second kappa shape index (κ2) is 10.3. The first-order valence-electron chi connectivity index (χ1n) is 12.6. The van der Waals surface area contributed by atoms with Crippen LogP contribution < -0.4 is 5.32 Å². The summed E-state index contributed by atoms with van der Waals surface area (Å²) in [5.41, 5.74) is 1.44. The standard InChI is InChI=1S/C22H34N10O2S/c1-5-7-10-23-19-16-20(25-21(24-19)35-11-6-2)32(31-28-16)14-12-13(8-9-15-26-29-30-27-15)17-18(14)34-22(3,4)33-17/h13-14,17-18H,5-12H2,1-4H3,(H,23,24,25)(H,26,27,29,30). The molecule has 3 aromatic heterocycles. The molecule has 4 unspecified atom stereocenters. The highest BCUT2D eigenvalue weighted by Gasteiger charge is 2.55. The summed E-state index contributed by atoms with van der Waals surface area (Å²) in [6.45, 7) is 9.10. The Balaban J connectivity index is 1.46. The van der Waals surface area contributed by atoms with Crippen molar-refractivity contribution in [1.82, 2.24) is 45.6 Å². The molecule has 0 radical (unpaired) electrons. The normalized spacial score (nSPS) is 25.4. The summed E-state index contributed by atoms with van der Waals surface area (Å²) in [6.07, 6.45) is 5.49. The summed E-state index contributed by atoms with van der Waals surface area (Å²) in [6, 6.07) is -0.0375. The van der Waals surface area contributed by atoms with Gasteiger partial charge < -0.3 is 14.8 Å². The second-order valence-electron chi connectivity index (χ2n) is 9.68. The van der Waals surface area contributed by atoms with Gasteiger partial charge in [0.2, 0.25) is 0 Å². The molecule has 190 valence electrons. The van der Waals surface area contributed by atoms with Crippen molar-refractivity contribution in [2.45, 2.75) is 95.4 Å². The van der Waals surface area contributed by atoms with Gasteiger partial charge in [-0.05, 0) is 45.4 Å². The van der Waals surface area contributed by atoms with Crippen molar-refractivity contribution >= 4 is 28.7 Å². The third-order valence-electron chi connectivity index (χ3n) is 6.56. The van der Waals surface area contributed by atoms with Crippen LogP contribution in [0, 0.1) is 5.92 Å². The number of unbranched alkanes of at least 4 members (excludes halogenated alkanes) is 1. The number of aromatic amines is 1. The molecule has 2 fully saturated rings. The van der Waals surface area contributed by atoms with Gasteiger partial charge in [-0.15, -0.1) is 15.3 Å². The van der Waals surface area contributed by atoms with Gasteiger partial charge in [-0.1, -0.05) is 42.5 Å². The Morgan fingerprint density at radius 2 is 2.00 bits per heavy atom. The van der Waals surface area contributed by atoms with Crippen LogP contribution in [-0.4, -0.2) is 75.9 Å². The van der Waals surface area contributed by atoms with Crippen LogP contribution in [0.15, 0.2) is 5.16 Å². The molecule has 3 aromatic rings. The van der Waals surface area contributed by atoms with E-state index in [0.717, 1.165) is 67.4 Å². The molecule has 1 saturated carbocycles. The Kier molecular flexibility index (Phi) is 7.17. The number of ether oxygens (including phenoxy) is 2. The van der Waals surface area contributed by atoms with E-state index in [4.69, 9.17) is 19.4 Å². The third kappa shape index (κ3) is 5.12. The van der Waals surface area contributed by atoms with Crippen LogP contribution in [0.2, 0.25) is 0 Å². The van der Waals surface area contributed by atoms with Crippen molar-refractivity contribution in [3.05, 3.63) is 5.82 Å². The molecular weight excluding hydrogens is 468 g/mol. The second-order valence-corrected chi connectivity index (χ2v) is 10.7. The highest BCUT2D eigenvalue weighted by atomic mass is 32.2. The fourth-order valence-corrected chi connectivity index (χ4v) is 5.67. The largest absolute Gasteiger partial charge is 0.368 e. The lowest BCUT2D eigenvalue weighted by Crippen LogP contribution is -2.28. The molecule has 13 heteroatoms. The van der Waals surface area contributed by atoms with E-state index < -0.39 is 5.79 Å². The monoisotopic (exact) mass is 502 g/mol. The van der Waals surface area contributed by atoms with Crippen LogP contribution >= 0.6 is 11.8 Å². The summed E-state index contributed by atoms with van der Waals surface area (Å²) in [4.78, 5) is 9.65. The van der Waals surface area contributed by atoms with Crippen molar-refractivity contribution in [2.75, 3.05) is 17.6 Å². The molecule has 12 nitrogen and oxygen atoms in total. The molecular formula is C22H34N10O2S. The minimum absolute atomic E-state index is 0.0375. The maximum Gasteiger partial charge on any atom is 0.191 e. The van der Waals surface area contributed by atoms with E-state index in [1.54, 1.807) is 11.8 Å². The average Bonchev–Trinajstić information content (AvgIpc) is 3.60. The van der Waals surface area contributed by atoms with E-state index in [0.29, 0.717) is 11.3 Å². The Morgan fingerprint density at radius 1 is 1.14 bits per heavy atom. The smallest absolute Gasteiger partial charge is 0.191 e. The number of thioether (sulfide) groups is 1. The molecule has 0 spiro atoms. The number of aromatic nitrogens is 9. The van der Waals surface area contributed by atoms with E-state index in [1.165, 1.54) is 0 Å². The van der Waals surface area contributed by atoms with Crippen LogP contribution in [0.4, 0.5) is 5.82 Å². The minimum Gasteiger partial charge on any atom is -0.368 e. The lowest BCUT2D eigenvalue weighted by atomic mass is 9.99. The molecule has 35 heavy (non-hydrogen) atoms.